The number of aromatic nitrogens is 5. The number of hydrogen-bond donors (Lipinski definition) is 1. The summed E-state index contributed by atoms with van der Waals surface area (Å²) in [6.07, 6.45) is 6.25. The normalized spacial score (nSPS) is 10.4. The van der Waals surface area contributed by atoms with Crippen molar-refractivity contribution in [3.8, 4) is 0 Å². The summed E-state index contributed by atoms with van der Waals surface area (Å²) in [6, 6.07) is 0. The van der Waals surface area contributed by atoms with Gasteiger partial charge in [-0.05, 0) is 0 Å². The molecule has 14 heavy (non-hydrogen) atoms. The Hall–Kier alpha value is -1.82. The molecular weight excluding hydrogens is 182 g/mol. The first-order chi connectivity index (χ1) is 6.88. The molecule has 2 heterocycles. The molecule has 0 amide bonds. The van der Waals surface area contributed by atoms with Crippen LogP contribution in [0, 0.1) is 0 Å². The predicted molar refractivity (Wildman–Crippen MR) is 47.1 cm³/mol. The summed E-state index contributed by atoms with van der Waals surface area (Å²) in [7, 11) is 0. The maximum atomic E-state index is 8.78. The smallest absolute Gasteiger partial charge is 0.149 e. The van der Waals surface area contributed by atoms with Crippen molar-refractivity contribution in [2.24, 2.45) is 0 Å². The van der Waals surface area contributed by atoms with E-state index in [0.717, 1.165) is 0 Å². The molecule has 6 nitrogen and oxygen atoms in total. The monoisotopic (exact) mass is 191 g/mol. The molecule has 0 bridgehead atoms. The lowest BCUT2D eigenvalue weighted by Crippen LogP contribution is -2.05. The average Bonchev–Trinajstić information content (AvgIpc) is 2.72. The van der Waals surface area contributed by atoms with E-state index in [4.69, 9.17) is 5.11 Å². The van der Waals surface area contributed by atoms with E-state index in [0.29, 0.717) is 17.9 Å². The zero-order valence-electron chi connectivity index (χ0n) is 7.41. The third-order valence-electron chi connectivity index (χ3n) is 1.71. The van der Waals surface area contributed by atoms with Crippen molar-refractivity contribution in [1.82, 2.24) is 24.7 Å². The quantitative estimate of drug-likeness (QED) is 0.714. The third-order valence-corrected chi connectivity index (χ3v) is 1.71. The number of aliphatic hydroxyl groups excluding tert-OH is 1. The van der Waals surface area contributed by atoms with E-state index in [-0.39, 0.29) is 6.61 Å². The summed E-state index contributed by atoms with van der Waals surface area (Å²) in [5.41, 5.74) is 0.701. The van der Waals surface area contributed by atoms with Crippen molar-refractivity contribution < 1.29 is 5.11 Å². The fraction of sp³-hybridized carbons (Fsp3) is 0.250. The van der Waals surface area contributed by atoms with Gasteiger partial charge in [0.25, 0.3) is 0 Å². The van der Waals surface area contributed by atoms with Crippen LogP contribution in [0.1, 0.15) is 11.4 Å². The van der Waals surface area contributed by atoms with E-state index in [2.05, 4.69) is 20.1 Å². The van der Waals surface area contributed by atoms with Gasteiger partial charge in [-0.2, -0.15) is 5.10 Å². The molecule has 6 heteroatoms. The van der Waals surface area contributed by atoms with Crippen molar-refractivity contribution in [2.75, 3.05) is 0 Å². The van der Waals surface area contributed by atoms with E-state index >= 15 is 0 Å². The van der Waals surface area contributed by atoms with E-state index < -0.39 is 0 Å². The Morgan fingerprint density at radius 1 is 1.29 bits per heavy atom. The lowest BCUT2D eigenvalue weighted by atomic mass is 10.4. The van der Waals surface area contributed by atoms with Gasteiger partial charge in [0.15, 0.2) is 0 Å². The Morgan fingerprint density at radius 3 is 2.64 bits per heavy atom. The summed E-state index contributed by atoms with van der Waals surface area (Å²) in [4.78, 5) is 11.9. The zero-order chi connectivity index (χ0) is 9.80. The number of aliphatic hydroxyl groups is 1. The van der Waals surface area contributed by atoms with Gasteiger partial charge in [0, 0.05) is 18.0 Å². The zero-order valence-corrected chi connectivity index (χ0v) is 7.41. The molecule has 0 spiro atoms. The summed E-state index contributed by atoms with van der Waals surface area (Å²) in [5, 5.41) is 12.7. The van der Waals surface area contributed by atoms with Gasteiger partial charge in [-0.1, -0.05) is 0 Å². The molecular formula is C8H9N5O. The molecule has 72 valence electrons. The molecule has 2 rings (SSSR count). The minimum atomic E-state index is -0.0381. The lowest BCUT2D eigenvalue weighted by Gasteiger charge is -1.99. The van der Waals surface area contributed by atoms with Crippen molar-refractivity contribution >= 4 is 0 Å². The van der Waals surface area contributed by atoms with Crippen molar-refractivity contribution in [3.63, 3.8) is 0 Å². The molecule has 0 aliphatic rings. The fourth-order valence-corrected chi connectivity index (χ4v) is 1.00. The van der Waals surface area contributed by atoms with Gasteiger partial charge in [-0.25, -0.2) is 19.6 Å². The molecule has 2 aromatic rings. The molecule has 0 unspecified atom stereocenters. The van der Waals surface area contributed by atoms with Gasteiger partial charge >= 0.3 is 0 Å². The van der Waals surface area contributed by atoms with Gasteiger partial charge in [0.2, 0.25) is 0 Å². The Labute approximate surface area is 80.3 Å². The van der Waals surface area contributed by atoms with Gasteiger partial charge in [-0.15, -0.1) is 0 Å². The largest absolute Gasteiger partial charge is 0.392 e. The molecule has 0 fully saturated rings. The molecule has 0 aliphatic carbocycles. The number of rotatable bonds is 3. The SMILES string of the molecule is OCc1cnc(Cn2cncn2)nc1. The first-order valence-electron chi connectivity index (χ1n) is 4.11. The van der Waals surface area contributed by atoms with Gasteiger partial charge in [0.05, 0.1) is 6.61 Å². The van der Waals surface area contributed by atoms with Gasteiger partial charge in [0.1, 0.15) is 25.0 Å². The molecule has 1 N–H and O–H groups in total. The molecule has 2 aromatic heterocycles. The van der Waals surface area contributed by atoms with Crippen LogP contribution >= 0.6 is 0 Å². The number of nitrogens with zero attached hydrogens (tertiary/aromatic N) is 5. The fourth-order valence-electron chi connectivity index (χ4n) is 1.00. The molecule has 0 aliphatic heterocycles. The van der Waals surface area contributed by atoms with E-state index in [1.54, 1.807) is 23.4 Å². The summed E-state index contributed by atoms with van der Waals surface area (Å²) in [5.74, 6) is 0.646. The third kappa shape index (κ3) is 1.91. The topological polar surface area (TPSA) is 76.7 Å². The second kappa shape index (κ2) is 3.93. The van der Waals surface area contributed by atoms with Crippen LogP contribution in [0.15, 0.2) is 25.0 Å². The average molecular weight is 191 g/mol. The first kappa shape index (κ1) is 8.76. The van der Waals surface area contributed by atoms with Crippen LogP contribution in [-0.2, 0) is 13.2 Å². The van der Waals surface area contributed by atoms with Crippen LogP contribution in [0.2, 0.25) is 0 Å². The Kier molecular flexibility index (Phi) is 2.46. The van der Waals surface area contributed by atoms with Crippen LogP contribution < -0.4 is 0 Å². The first-order valence-corrected chi connectivity index (χ1v) is 4.11. The van der Waals surface area contributed by atoms with Crippen LogP contribution in [0.3, 0.4) is 0 Å². The molecule has 0 saturated carbocycles. The predicted octanol–water partition coefficient (Wildman–Crippen LogP) is -0.391. The van der Waals surface area contributed by atoms with E-state index in [9.17, 15) is 0 Å². The molecule has 0 atom stereocenters. The van der Waals surface area contributed by atoms with Crippen LogP contribution in [0.25, 0.3) is 0 Å². The van der Waals surface area contributed by atoms with Gasteiger partial charge in [-0.3, -0.25) is 0 Å². The van der Waals surface area contributed by atoms with Gasteiger partial charge < -0.3 is 5.11 Å². The van der Waals surface area contributed by atoms with Crippen molar-refractivity contribution in [2.45, 2.75) is 13.2 Å². The van der Waals surface area contributed by atoms with Crippen molar-refractivity contribution in [3.05, 3.63) is 36.4 Å². The standard InChI is InChI=1S/C8H9N5O/c14-4-7-1-10-8(11-2-7)3-13-6-9-5-12-13/h1-2,5-6,14H,3-4H2. The highest BCUT2D eigenvalue weighted by molar-refractivity contribution is 5.03. The second-order valence-corrected chi connectivity index (χ2v) is 2.76. The molecule has 0 saturated heterocycles. The molecule has 0 radical (unpaired) electrons. The lowest BCUT2D eigenvalue weighted by molar-refractivity contribution is 0.280. The highest BCUT2D eigenvalue weighted by Gasteiger charge is 1.98. The Bertz CT molecular complexity index is 383. The van der Waals surface area contributed by atoms with Crippen molar-refractivity contribution in [1.29, 1.82) is 0 Å². The van der Waals surface area contributed by atoms with Crippen LogP contribution in [-0.4, -0.2) is 29.8 Å². The van der Waals surface area contributed by atoms with Crippen LogP contribution in [0.4, 0.5) is 0 Å². The maximum absolute atomic E-state index is 8.78. The number of hydrogen-bond acceptors (Lipinski definition) is 5. The van der Waals surface area contributed by atoms with E-state index in [1.165, 1.54) is 6.33 Å². The summed E-state index contributed by atoms with van der Waals surface area (Å²) in [6.45, 7) is 0.454. The summed E-state index contributed by atoms with van der Waals surface area (Å²) >= 11 is 0. The minimum Gasteiger partial charge on any atom is -0.392 e. The van der Waals surface area contributed by atoms with Crippen LogP contribution in [0.5, 0.6) is 0 Å². The van der Waals surface area contributed by atoms with E-state index in [1.807, 2.05) is 0 Å². The highest BCUT2D eigenvalue weighted by atomic mass is 16.3. The minimum absolute atomic E-state index is 0.0381. The Balaban J connectivity index is 2.10. The highest BCUT2D eigenvalue weighted by Crippen LogP contribution is 1.96. The Morgan fingerprint density at radius 2 is 2.07 bits per heavy atom. The summed E-state index contributed by atoms with van der Waals surface area (Å²) < 4.78 is 1.63. The molecule has 0 aromatic carbocycles. The maximum Gasteiger partial charge on any atom is 0.149 e. The second-order valence-electron chi connectivity index (χ2n) is 2.76.